The van der Waals surface area contributed by atoms with E-state index < -0.39 is 0 Å². The van der Waals surface area contributed by atoms with Gasteiger partial charge in [-0.3, -0.25) is 0 Å². The first-order valence-corrected chi connectivity index (χ1v) is 20.5. The van der Waals surface area contributed by atoms with Crippen LogP contribution in [-0.2, 0) is 44.6 Å². The summed E-state index contributed by atoms with van der Waals surface area (Å²) in [5, 5.41) is 3.97. The molecule has 0 amide bonds. The van der Waals surface area contributed by atoms with E-state index in [-0.39, 0.29) is 50.8 Å². The molecule has 0 N–H and O–H groups in total. The smallest absolute Gasteiger partial charge is 0.418 e. The molecule has 304 valence electrons. The minimum absolute atomic E-state index is 0.279. The monoisotopic (exact) mass is 804 g/mol. The van der Waals surface area contributed by atoms with Gasteiger partial charge in [-0.1, -0.05) is 72.8 Å². The molecule has 8 aromatic rings. The number of carbonyl (C=O) groups excluding carboxylic acids is 4. The summed E-state index contributed by atoms with van der Waals surface area (Å²) in [5.41, 5.74) is 6.79. The van der Waals surface area contributed by atoms with E-state index in [1.165, 1.54) is 0 Å². The second-order valence-electron chi connectivity index (χ2n) is 15.0. The summed E-state index contributed by atoms with van der Waals surface area (Å²) < 4.78 is 28.9. The van der Waals surface area contributed by atoms with Crippen LogP contribution >= 0.6 is 0 Å². The largest absolute Gasteiger partial charge is 0.449 e. The van der Waals surface area contributed by atoms with E-state index in [2.05, 4.69) is 0 Å². The molecule has 0 aliphatic carbocycles. The van der Waals surface area contributed by atoms with E-state index in [0.717, 1.165) is 66.4 Å². The third kappa shape index (κ3) is 7.63. The molecule has 10 rings (SSSR count). The van der Waals surface area contributed by atoms with Gasteiger partial charge in [-0.2, -0.15) is 0 Å². The van der Waals surface area contributed by atoms with Crippen LogP contribution in [0.4, 0.5) is 19.2 Å². The number of nitrogens with zero attached hydrogens (tertiary/aromatic N) is 4. The molecule has 0 atom stereocenters. The maximum Gasteiger partial charge on any atom is 0.418 e. The number of aryl methyl sites for hydroxylation is 4. The van der Waals surface area contributed by atoms with Crippen LogP contribution in [0, 0.1) is 0 Å². The van der Waals surface area contributed by atoms with Gasteiger partial charge in [0.25, 0.3) is 0 Å². The fraction of sp³-hybridized carbons (Fsp3) is 0.250. The van der Waals surface area contributed by atoms with Crippen molar-refractivity contribution in [2.24, 2.45) is 0 Å². The van der Waals surface area contributed by atoms with Gasteiger partial charge in [-0.15, -0.1) is 0 Å². The minimum atomic E-state index is -0.360. The van der Waals surface area contributed by atoms with E-state index in [1.807, 2.05) is 121 Å². The molecule has 2 aliphatic heterocycles. The average Bonchev–Trinajstić information content (AvgIpc) is 4.03. The molecule has 6 heterocycles. The third-order valence-corrected chi connectivity index (χ3v) is 11.1. The maximum absolute atomic E-state index is 12.8. The van der Waals surface area contributed by atoms with Crippen molar-refractivity contribution in [2.75, 3.05) is 26.4 Å². The molecule has 12 nitrogen and oxygen atoms in total. The van der Waals surface area contributed by atoms with Crippen LogP contribution in [0.3, 0.4) is 0 Å². The zero-order valence-corrected chi connectivity index (χ0v) is 33.1. The van der Waals surface area contributed by atoms with Crippen LogP contribution in [-0.4, -0.2) is 69.1 Å². The van der Waals surface area contributed by atoms with E-state index in [9.17, 15) is 19.2 Å². The fourth-order valence-corrected chi connectivity index (χ4v) is 8.36. The van der Waals surface area contributed by atoms with Crippen molar-refractivity contribution in [3.8, 4) is 0 Å². The van der Waals surface area contributed by atoms with Crippen LogP contribution < -0.4 is 0 Å². The number of para-hydroxylation sites is 4. The molecule has 60 heavy (non-hydrogen) atoms. The molecule has 0 unspecified atom stereocenters. The number of cyclic esters (lactones) is 4. The van der Waals surface area contributed by atoms with Gasteiger partial charge < -0.3 is 18.9 Å². The van der Waals surface area contributed by atoms with Gasteiger partial charge in [0.2, 0.25) is 0 Å². The van der Waals surface area contributed by atoms with Crippen LogP contribution in [0.1, 0.15) is 48.5 Å². The van der Waals surface area contributed by atoms with Crippen LogP contribution in [0.5, 0.6) is 0 Å². The molecule has 0 saturated carbocycles. The van der Waals surface area contributed by atoms with Crippen LogP contribution in [0.2, 0.25) is 0 Å². The lowest BCUT2D eigenvalue weighted by Crippen LogP contribution is -2.20. The van der Waals surface area contributed by atoms with Crippen molar-refractivity contribution in [3.05, 3.63) is 144 Å². The highest BCUT2D eigenvalue weighted by Gasteiger charge is 2.22. The van der Waals surface area contributed by atoms with Gasteiger partial charge in [-0.05, 0) is 99.9 Å². The second kappa shape index (κ2) is 17.0. The Labute approximate surface area is 345 Å². The zero-order chi connectivity index (χ0) is 41.0. The molecule has 0 saturated heterocycles. The summed E-state index contributed by atoms with van der Waals surface area (Å²) in [6.07, 6.45) is 3.45. The van der Waals surface area contributed by atoms with Gasteiger partial charge in [0.1, 0.15) is 0 Å². The molecule has 4 aromatic carbocycles. The quantitative estimate of drug-likeness (QED) is 0.139. The van der Waals surface area contributed by atoms with Crippen molar-refractivity contribution in [2.45, 2.75) is 51.4 Å². The molecule has 4 aromatic heterocycles. The Kier molecular flexibility index (Phi) is 10.9. The highest BCUT2D eigenvalue weighted by Crippen LogP contribution is 2.26. The fourth-order valence-electron chi connectivity index (χ4n) is 8.36. The SMILES string of the molecule is O=C1OCCCc2cc3ccccc3n2C(=O)OCCCc2cc3ccccc3n21.O=C1OCCCc2cc3ccccc3n2C(=O)OCCCc2cc3ccccc3n21. The molecule has 2 aliphatic rings. The second-order valence-corrected chi connectivity index (χ2v) is 15.0. The van der Waals surface area contributed by atoms with Gasteiger partial charge in [-0.25, -0.2) is 37.4 Å². The summed E-state index contributed by atoms with van der Waals surface area (Å²) in [6.45, 7) is 1.12. The number of rotatable bonds is 0. The van der Waals surface area contributed by atoms with E-state index in [1.54, 1.807) is 18.3 Å². The zero-order valence-electron chi connectivity index (χ0n) is 33.1. The molecule has 12 heteroatoms. The lowest BCUT2D eigenvalue weighted by molar-refractivity contribution is 0.140. The predicted octanol–water partition coefficient (Wildman–Crippen LogP) is 10.3. The highest BCUT2D eigenvalue weighted by atomic mass is 16.6. The summed E-state index contributed by atoms with van der Waals surface area (Å²) in [4.78, 5) is 51.4. The van der Waals surface area contributed by atoms with E-state index in [0.29, 0.717) is 51.4 Å². The number of carbonyl (C=O) groups is 4. The standard InChI is InChI=1S/2C24H22N2O4/c2*27-23-25-19(15-17-7-1-3-11-21(17)25)9-5-13-30-24(28)26-20(10-6-14-29-23)16-18-8-2-4-12-22(18)26/h2*1-4,7-8,11-12,15-16H,5-6,9-10,13-14H2. The number of fused-ring (bicyclic) bond motifs is 12. The lowest BCUT2D eigenvalue weighted by Gasteiger charge is -2.13. The van der Waals surface area contributed by atoms with Gasteiger partial charge in [0, 0.05) is 44.3 Å². The molecule has 0 radical (unpaired) electrons. The maximum atomic E-state index is 12.8. The number of benzene rings is 4. The molecular weight excluding hydrogens is 761 g/mol. The summed E-state index contributed by atoms with van der Waals surface area (Å²) >= 11 is 0. The van der Waals surface area contributed by atoms with Crippen LogP contribution in [0.25, 0.3) is 43.6 Å². The first kappa shape index (κ1) is 38.4. The Morgan fingerprint density at radius 2 is 0.533 bits per heavy atom. The number of aromatic nitrogens is 4. The van der Waals surface area contributed by atoms with Gasteiger partial charge in [0.15, 0.2) is 0 Å². The first-order chi connectivity index (χ1) is 29.4. The topological polar surface area (TPSA) is 125 Å². The Hall–Kier alpha value is -7.08. The van der Waals surface area contributed by atoms with E-state index >= 15 is 0 Å². The normalized spacial score (nSPS) is 15.9. The average molecular weight is 805 g/mol. The Balaban J connectivity index is 0.000000154. The van der Waals surface area contributed by atoms with Crippen LogP contribution in [0.15, 0.2) is 121 Å². The molecule has 0 bridgehead atoms. The van der Waals surface area contributed by atoms with Gasteiger partial charge >= 0.3 is 24.4 Å². The summed E-state index contributed by atoms with van der Waals surface area (Å²) in [7, 11) is 0. The Morgan fingerprint density at radius 3 is 0.767 bits per heavy atom. The lowest BCUT2D eigenvalue weighted by atomic mass is 10.2. The van der Waals surface area contributed by atoms with Crippen molar-refractivity contribution in [1.82, 2.24) is 18.3 Å². The van der Waals surface area contributed by atoms with Crippen molar-refractivity contribution >= 4 is 68.0 Å². The Bertz CT molecular complexity index is 2500. The van der Waals surface area contributed by atoms with Crippen molar-refractivity contribution in [3.63, 3.8) is 0 Å². The molecule has 0 spiro atoms. The Morgan fingerprint density at radius 1 is 0.317 bits per heavy atom. The first-order valence-electron chi connectivity index (χ1n) is 20.5. The summed E-state index contributed by atoms with van der Waals surface area (Å²) in [6, 6.07) is 39.0. The van der Waals surface area contributed by atoms with Gasteiger partial charge in [0.05, 0.1) is 48.5 Å². The number of hydrogen-bond donors (Lipinski definition) is 0. The number of hydrogen-bond acceptors (Lipinski definition) is 8. The summed E-state index contributed by atoms with van der Waals surface area (Å²) in [5.74, 6) is 0. The minimum Gasteiger partial charge on any atom is -0.449 e. The molecule has 0 fully saturated rings. The van der Waals surface area contributed by atoms with E-state index in [4.69, 9.17) is 18.9 Å². The molecular formula is C48H44N4O8. The highest BCUT2D eigenvalue weighted by molar-refractivity contribution is 5.93. The predicted molar refractivity (Wildman–Crippen MR) is 228 cm³/mol. The number of ether oxygens (including phenoxy) is 4. The van der Waals surface area contributed by atoms with Crippen molar-refractivity contribution < 1.29 is 38.1 Å². The third-order valence-electron chi connectivity index (χ3n) is 11.1. The van der Waals surface area contributed by atoms with Crippen molar-refractivity contribution in [1.29, 1.82) is 0 Å².